The lowest BCUT2D eigenvalue weighted by atomic mass is 9.85. The Labute approximate surface area is 127 Å². The Morgan fingerprint density at radius 1 is 0.955 bits per heavy atom. The molecule has 114 valence electrons. The van der Waals surface area contributed by atoms with Crippen LogP contribution in [0, 0.1) is 23.7 Å². The highest BCUT2D eigenvalue weighted by Gasteiger charge is 2.59. The molecule has 2 fully saturated rings. The number of anilines is 1. The largest absolute Gasteiger partial charge is 0.274 e. The molecular formula is C15H14N2O4S. The first-order chi connectivity index (χ1) is 10.4. The molecule has 0 aromatic heterocycles. The average Bonchev–Trinajstić information content (AvgIpc) is 3.12. The minimum Gasteiger partial charge on any atom is -0.274 e. The van der Waals surface area contributed by atoms with Crippen molar-refractivity contribution < 1.29 is 18.0 Å². The van der Waals surface area contributed by atoms with Crippen LogP contribution < -0.4 is 10.0 Å². The topological polar surface area (TPSA) is 97.5 Å². The van der Waals surface area contributed by atoms with Crippen molar-refractivity contribution in [3.8, 4) is 0 Å². The standard InChI is InChI=1S/C15H14N2O4S/c16-22(20,21)11-5-3-10(4-6-11)17-14(18)12-8-1-2-9(7-8)13(12)15(17)19/h1-6,8-9,12-13H,7H2,(H2,16,20,21)/t8-,9-,12+,13+/m0/s1. The molecule has 22 heavy (non-hydrogen) atoms. The fraction of sp³-hybridized carbons (Fsp3) is 0.333. The summed E-state index contributed by atoms with van der Waals surface area (Å²) in [5, 5.41) is 5.05. The zero-order valence-electron chi connectivity index (χ0n) is 11.5. The number of carbonyl (C=O) groups excluding carboxylic acids is 2. The predicted octanol–water partition coefficient (Wildman–Crippen LogP) is 0.645. The van der Waals surface area contributed by atoms with Gasteiger partial charge in [-0.1, -0.05) is 12.2 Å². The number of sulfonamides is 1. The molecule has 1 saturated heterocycles. The number of hydrogen-bond donors (Lipinski definition) is 1. The third-order valence-corrected chi connectivity index (χ3v) is 5.82. The van der Waals surface area contributed by atoms with E-state index in [1.807, 2.05) is 12.2 Å². The van der Waals surface area contributed by atoms with Crippen LogP contribution in [-0.4, -0.2) is 20.2 Å². The Kier molecular flexibility index (Phi) is 2.65. The third-order valence-electron chi connectivity index (χ3n) is 4.89. The van der Waals surface area contributed by atoms with Crippen LogP contribution in [0.15, 0.2) is 41.3 Å². The molecule has 2 bridgehead atoms. The molecule has 0 spiro atoms. The second-order valence-corrected chi connectivity index (χ2v) is 7.61. The molecule has 2 amide bonds. The lowest BCUT2D eigenvalue weighted by molar-refractivity contribution is -0.123. The molecule has 1 saturated carbocycles. The number of benzene rings is 1. The van der Waals surface area contributed by atoms with Gasteiger partial charge >= 0.3 is 0 Å². The molecule has 1 heterocycles. The normalized spacial score (nSPS) is 32.9. The highest BCUT2D eigenvalue weighted by Crippen LogP contribution is 2.53. The van der Waals surface area contributed by atoms with Gasteiger partial charge in [0.05, 0.1) is 22.4 Å². The Balaban J connectivity index is 1.70. The smallest absolute Gasteiger partial charge is 0.238 e. The number of hydrogen-bond acceptors (Lipinski definition) is 4. The van der Waals surface area contributed by atoms with Crippen molar-refractivity contribution >= 4 is 27.5 Å². The highest BCUT2D eigenvalue weighted by atomic mass is 32.2. The fourth-order valence-corrected chi connectivity index (χ4v) is 4.46. The van der Waals surface area contributed by atoms with E-state index >= 15 is 0 Å². The Morgan fingerprint density at radius 3 is 1.91 bits per heavy atom. The van der Waals surface area contributed by atoms with Gasteiger partial charge in [-0.25, -0.2) is 13.6 Å². The minimum atomic E-state index is -3.79. The van der Waals surface area contributed by atoms with Gasteiger partial charge in [0.1, 0.15) is 0 Å². The van der Waals surface area contributed by atoms with Crippen molar-refractivity contribution in [2.45, 2.75) is 11.3 Å². The molecule has 1 aromatic carbocycles. The van der Waals surface area contributed by atoms with Crippen LogP contribution in [0.3, 0.4) is 0 Å². The second-order valence-electron chi connectivity index (χ2n) is 6.05. The second kappa shape index (κ2) is 4.27. The SMILES string of the molecule is NS(=O)(=O)c1ccc(N2C(=O)[C@H]3[C@H](C2=O)[C@H]2C=C[C@H]3C2)cc1. The summed E-state index contributed by atoms with van der Waals surface area (Å²) in [6.45, 7) is 0. The van der Waals surface area contributed by atoms with Gasteiger partial charge in [0.15, 0.2) is 0 Å². The van der Waals surface area contributed by atoms with Crippen molar-refractivity contribution in [1.82, 2.24) is 0 Å². The van der Waals surface area contributed by atoms with E-state index in [1.165, 1.54) is 29.2 Å². The van der Waals surface area contributed by atoms with Crippen LogP contribution in [0.1, 0.15) is 6.42 Å². The summed E-state index contributed by atoms with van der Waals surface area (Å²) in [7, 11) is -3.79. The minimum absolute atomic E-state index is 0.0442. The van der Waals surface area contributed by atoms with Gasteiger partial charge in [0, 0.05) is 0 Å². The van der Waals surface area contributed by atoms with Gasteiger partial charge in [-0.15, -0.1) is 0 Å². The van der Waals surface area contributed by atoms with Crippen molar-refractivity contribution in [3.05, 3.63) is 36.4 Å². The van der Waals surface area contributed by atoms with Gasteiger partial charge in [0.2, 0.25) is 21.8 Å². The van der Waals surface area contributed by atoms with E-state index in [0.29, 0.717) is 5.69 Å². The first-order valence-corrected chi connectivity index (χ1v) is 8.61. The van der Waals surface area contributed by atoms with Gasteiger partial charge in [0.25, 0.3) is 0 Å². The molecule has 2 aliphatic carbocycles. The van der Waals surface area contributed by atoms with Crippen LogP contribution in [0.5, 0.6) is 0 Å². The van der Waals surface area contributed by atoms with E-state index in [-0.39, 0.29) is 40.4 Å². The fourth-order valence-electron chi connectivity index (χ4n) is 3.94. The Morgan fingerprint density at radius 2 is 1.45 bits per heavy atom. The van der Waals surface area contributed by atoms with Gasteiger partial charge in [-0.2, -0.15) is 0 Å². The van der Waals surface area contributed by atoms with Crippen molar-refractivity contribution in [2.75, 3.05) is 4.90 Å². The summed E-state index contributed by atoms with van der Waals surface area (Å²) in [5.41, 5.74) is 0.399. The van der Waals surface area contributed by atoms with Crippen molar-refractivity contribution in [1.29, 1.82) is 0 Å². The zero-order valence-corrected chi connectivity index (χ0v) is 12.4. The van der Waals surface area contributed by atoms with E-state index in [2.05, 4.69) is 0 Å². The summed E-state index contributed by atoms with van der Waals surface area (Å²) in [4.78, 5) is 26.3. The van der Waals surface area contributed by atoms with Crippen LogP contribution >= 0.6 is 0 Å². The van der Waals surface area contributed by atoms with Gasteiger partial charge < -0.3 is 0 Å². The molecular weight excluding hydrogens is 304 g/mol. The number of imide groups is 1. The van der Waals surface area contributed by atoms with Crippen LogP contribution in [-0.2, 0) is 19.6 Å². The molecule has 0 unspecified atom stereocenters. The number of allylic oxidation sites excluding steroid dienone is 2. The number of nitrogens with two attached hydrogens (primary N) is 1. The zero-order chi connectivity index (χ0) is 15.6. The number of carbonyl (C=O) groups is 2. The van der Waals surface area contributed by atoms with E-state index in [0.717, 1.165) is 6.42 Å². The monoisotopic (exact) mass is 318 g/mol. The number of rotatable bonds is 2. The van der Waals surface area contributed by atoms with Crippen molar-refractivity contribution in [3.63, 3.8) is 0 Å². The molecule has 6 nitrogen and oxygen atoms in total. The maximum absolute atomic E-state index is 12.6. The Hall–Kier alpha value is -1.99. The number of fused-ring (bicyclic) bond motifs is 5. The molecule has 4 rings (SSSR count). The molecule has 2 N–H and O–H groups in total. The highest BCUT2D eigenvalue weighted by molar-refractivity contribution is 7.89. The van der Waals surface area contributed by atoms with E-state index in [4.69, 9.17) is 5.14 Å². The van der Waals surface area contributed by atoms with Crippen LogP contribution in [0.4, 0.5) is 5.69 Å². The van der Waals surface area contributed by atoms with E-state index in [1.54, 1.807) is 0 Å². The van der Waals surface area contributed by atoms with Gasteiger partial charge in [-0.3, -0.25) is 14.5 Å². The van der Waals surface area contributed by atoms with E-state index < -0.39 is 10.0 Å². The number of nitrogens with zero attached hydrogens (tertiary/aromatic N) is 1. The predicted molar refractivity (Wildman–Crippen MR) is 78.0 cm³/mol. The molecule has 1 aromatic rings. The maximum Gasteiger partial charge on any atom is 0.238 e. The van der Waals surface area contributed by atoms with Crippen LogP contribution in [0.25, 0.3) is 0 Å². The lowest BCUT2D eigenvalue weighted by Crippen LogP contribution is -2.32. The molecule has 4 atom stereocenters. The molecule has 3 aliphatic rings. The summed E-state index contributed by atoms with van der Waals surface area (Å²) in [5.74, 6) is -0.591. The molecule has 7 heteroatoms. The molecule has 0 radical (unpaired) electrons. The molecule has 1 aliphatic heterocycles. The first-order valence-electron chi connectivity index (χ1n) is 7.07. The number of primary sulfonamides is 1. The quantitative estimate of drug-likeness (QED) is 0.639. The van der Waals surface area contributed by atoms with Crippen LogP contribution in [0.2, 0.25) is 0 Å². The van der Waals surface area contributed by atoms with E-state index in [9.17, 15) is 18.0 Å². The first kappa shape index (κ1) is 13.7. The lowest BCUT2D eigenvalue weighted by Gasteiger charge is -2.17. The summed E-state index contributed by atoms with van der Waals surface area (Å²) >= 11 is 0. The Bertz CT molecular complexity index is 782. The maximum atomic E-state index is 12.6. The average molecular weight is 318 g/mol. The summed E-state index contributed by atoms with van der Waals surface area (Å²) in [6.07, 6.45) is 4.94. The third kappa shape index (κ3) is 1.72. The van der Waals surface area contributed by atoms with Crippen molar-refractivity contribution in [2.24, 2.45) is 28.8 Å². The number of amides is 2. The summed E-state index contributed by atoms with van der Waals surface area (Å²) < 4.78 is 22.5. The summed E-state index contributed by atoms with van der Waals surface area (Å²) in [6, 6.07) is 5.52. The van der Waals surface area contributed by atoms with Gasteiger partial charge in [-0.05, 0) is 42.5 Å².